The van der Waals surface area contributed by atoms with Crippen molar-refractivity contribution in [3.63, 3.8) is 0 Å². The second kappa shape index (κ2) is 7.45. The third kappa shape index (κ3) is 3.53. The Labute approximate surface area is 163 Å². The van der Waals surface area contributed by atoms with Gasteiger partial charge in [-0.15, -0.1) is 0 Å². The van der Waals surface area contributed by atoms with Crippen molar-refractivity contribution in [2.24, 2.45) is 0 Å². The van der Waals surface area contributed by atoms with Crippen LogP contribution in [0.15, 0.2) is 40.7 Å². The van der Waals surface area contributed by atoms with E-state index in [-0.39, 0.29) is 11.9 Å². The van der Waals surface area contributed by atoms with Gasteiger partial charge in [-0.1, -0.05) is 29.3 Å². The van der Waals surface area contributed by atoms with Crippen molar-refractivity contribution in [2.75, 3.05) is 0 Å². The first-order valence-electron chi connectivity index (χ1n) is 8.69. The Bertz CT molecular complexity index is 839. The fourth-order valence-corrected chi connectivity index (χ4v) is 4.10. The second-order valence-corrected chi connectivity index (χ2v) is 7.73. The monoisotopic (exact) mass is 393 g/mol. The van der Waals surface area contributed by atoms with Gasteiger partial charge in [0.25, 0.3) is 0 Å². The maximum atomic E-state index is 12.8. The van der Waals surface area contributed by atoms with Crippen molar-refractivity contribution in [3.8, 4) is 0 Å². The minimum atomic E-state index is -0.546. The summed E-state index contributed by atoms with van der Waals surface area (Å²) in [6.07, 6.45) is 1.77. The molecule has 1 aliphatic heterocycles. The molecular formula is C20H21Cl2NO3. The number of halogens is 2. The molecule has 0 spiro atoms. The summed E-state index contributed by atoms with van der Waals surface area (Å²) in [7, 11) is 0. The van der Waals surface area contributed by atoms with Crippen LogP contribution in [0.25, 0.3) is 0 Å². The maximum Gasteiger partial charge on any atom is 0.337 e. The summed E-state index contributed by atoms with van der Waals surface area (Å²) >= 11 is 12.5. The third-order valence-electron chi connectivity index (χ3n) is 4.61. The number of carbonyl (C=O) groups is 2. The lowest BCUT2D eigenvalue weighted by Gasteiger charge is -2.34. The van der Waals surface area contributed by atoms with Gasteiger partial charge in [0, 0.05) is 39.4 Å². The first-order chi connectivity index (χ1) is 12.3. The Morgan fingerprint density at radius 1 is 1.27 bits per heavy atom. The van der Waals surface area contributed by atoms with Crippen LogP contribution in [0.3, 0.4) is 0 Å². The molecule has 1 atom stereocenters. The SMILES string of the molecule is CC1=C(C(=O)OC(C)C)[C@H](c2ccc(Cl)cc2Cl)C2=C(CCCC2=O)N1. The summed E-state index contributed by atoms with van der Waals surface area (Å²) in [4.78, 5) is 25.6. The number of benzene rings is 1. The lowest BCUT2D eigenvalue weighted by Crippen LogP contribution is -2.35. The molecule has 1 aliphatic carbocycles. The number of hydrogen-bond acceptors (Lipinski definition) is 4. The number of allylic oxidation sites excluding steroid dienone is 3. The first-order valence-corrected chi connectivity index (χ1v) is 9.45. The van der Waals surface area contributed by atoms with Gasteiger partial charge in [-0.25, -0.2) is 4.79 Å². The van der Waals surface area contributed by atoms with Crippen LogP contribution in [0.5, 0.6) is 0 Å². The molecule has 6 heteroatoms. The Balaban J connectivity index is 2.18. The summed E-state index contributed by atoms with van der Waals surface area (Å²) in [6.45, 7) is 5.42. The Morgan fingerprint density at radius 3 is 2.65 bits per heavy atom. The first kappa shape index (κ1) is 19.0. The summed E-state index contributed by atoms with van der Waals surface area (Å²) in [5, 5.41) is 4.18. The van der Waals surface area contributed by atoms with E-state index in [2.05, 4.69) is 5.32 Å². The van der Waals surface area contributed by atoms with Crippen LogP contribution in [0, 0.1) is 0 Å². The van der Waals surface area contributed by atoms with Gasteiger partial charge in [-0.2, -0.15) is 0 Å². The van der Waals surface area contributed by atoms with Crippen LogP contribution in [0.1, 0.15) is 51.5 Å². The number of hydrogen-bond donors (Lipinski definition) is 1. The molecule has 26 heavy (non-hydrogen) atoms. The molecule has 1 aromatic carbocycles. The normalized spacial score (nSPS) is 20.2. The molecule has 1 aromatic rings. The minimum absolute atomic E-state index is 0.0390. The number of ether oxygens (including phenoxy) is 1. The number of nitrogens with one attached hydrogen (secondary N) is 1. The number of carbonyl (C=O) groups excluding carboxylic acids is 2. The van der Waals surface area contributed by atoms with Gasteiger partial charge in [0.15, 0.2) is 5.78 Å². The van der Waals surface area contributed by atoms with Crippen LogP contribution in [-0.4, -0.2) is 17.9 Å². The fourth-order valence-electron chi connectivity index (χ4n) is 3.58. The zero-order chi connectivity index (χ0) is 19.0. The number of Topliss-reactive ketones (excluding diaryl/α,β-unsaturated/α-hetero) is 1. The highest BCUT2D eigenvalue weighted by molar-refractivity contribution is 6.35. The summed E-state index contributed by atoms with van der Waals surface area (Å²) in [5.41, 5.74) is 3.30. The van der Waals surface area contributed by atoms with E-state index in [4.69, 9.17) is 27.9 Å². The quantitative estimate of drug-likeness (QED) is 0.740. The van der Waals surface area contributed by atoms with Crippen LogP contribution in [0.4, 0.5) is 0 Å². The Morgan fingerprint density at radius 2 is 2.00 bits per heavy atom. The average Bonchev–Trinajstić information content (AvgIpc) is 2.53. The largest absolute Gasteiger partial charge is 0.460 e. The molecule has 4 nitrogen and oxygen atoms in total. The lowest BCUT2D eigenvalue weighted by atomic mass is 9.75. The molecule has 0 aromatic heterocycles. The molecule has 0 bridgehead atoms. The van der Waals surface area contributed by atoms with Crippen LogP contribution < -0.4 is 5.32 Å². The molecule has 0 radical (unpaired) electrons. The van der Waals surface area contributed by atoms with Crippen LogP contribution >= 0.6 is 23.2 Å². The predicted octanol–water partition coefficient (Wildman–Crippen LogP) is 4.91. The van der Waals surface area contributed by atoms with Crippen molar-refractivity contribution in [1.29, 1.82) is 0 Å². The number of esters is 1. The molecule has 138 valence electrons. The number of ketones is 1. The fraction of sp³-hybridized carbons (Fsp3) is 0.400. The van der Waals surface area contributed by atoms with Gasteiger partial charge in [-0.3, -0.25) is 4.79 Å². The predicted molar refractivity (Wildman–Crippen MR) is 102 cm³/mol. The number of rotatable bonds is 3. The van der Waals surface area contributed by atoms with Crippen molar-refractivity contribution in [1.82, 2.24) is 5.32 Å². The maximum absolute atomic E-state index is 12.8. The van der Waals surface area contributed by atoms with E-state index in [9.17, 15) is 9.59 Å². The summed E-state index contributed by atoms with van der Waals surface area (Å²) < 4.78 is 5.45. The van der Waals surface area contributed by atoms with Crippen LogP contribution in [-0.2, 0) is 14.3 Å². The lowest BCUT2D eigenvalue weighted by molar-refractivity contribution is -0.143. The van der Waals surface area contributed by atoms with Gasteiger partial charge in [0.05, 0.1) is 11.7 Å². The van der Waals surface area contributed by atoms with Gasteiger partial charge < -0.3 is 10.1 Å². The van der Waals surface area contributed by atoms with Gasteiger partial charge in [0.2, 0.25) is 0 Å². The summed E-state index contributed by atoms with van der Waals surface area (Å²) in [6, 6.07) is 5.14. The molecule has 0 amide bonds. The molecule has 1 heterocycles. The Kier molecular flexibility index (Phi) is 5.44. The molecule has 3 rings (SSSR count). The topological polar surface area (TPSA) is 55.4 Å². The molecule has 0 fully saturated rings. The zero-order valence-electron chi connectivity index (χ0n) is 15.0. The van der Waals surface area contributed by atoms with E-state index in [0.29, 0.717) is 38.9 Å². The molecule has 0 saturated carbocycles. The number of dihydropyridines is 1. The van der Waals surface area contributed by atoms with E-state index in [1.165, 1.54) is 0 Å². The van der Waals surface area contributed by atoms with Gasteiger partial charge >= 0.3 is 5.97 Å². The second-order valence-electron chi connectivity index (χ2n) is 6.89. The smallest absolute Gasteiger partial charge is 0.337 e. The van der Waals surface area contributed by atoms with E-state index >= 15 is 0 Å². The van der Waals surface area contributed by atoms with E-state index in [0.717, 1.165) is 18.5 Å². The molecule has 1 N–H and O–H groups in total. The summed E-state index contributed by atoms with van der Waals surface area (Å²) in [5.74, 6) is -0.946. The molecule has 0 unspecified atom stereocenters. The van der Waals surface area contributed by atoms with Crippen molar-refractivity contribution >= 4 is 35.0 Å². The van der Waals surface area contributed by atoms with Gasteiger partial charge in [0.1, 0.15) is 0 Å². The van der Waals surface area contributed by atoms with E-state index in [1.54, 1.807) is 32.0 Å². The van der Waals surface area contributed by atoms with Crippen molar-refractivity contribution < 1.29 is 14.3 Å². The van der Waals surface area contributed by atoms with Crippen molar-refractivity contribution in [3.05, 3.63) is 56.3 Å². The Hall–Kier alpha value is -1.78. The zero-order valence-corrected chi connectivity index (χ0v) is 16.5. The molecule has 2 aliphatic rings. The highest BCUT2D eigenvalue weighted by atomic mass is 35.5. The van der Waals surface area contributed by atoms with Gasteiger partial charge in [-0.05, 0) is 51.3 Å². The van der Waals surface area contributed by atoms with Crippen molar-refractivity contribution in [2.45, 2.75) is 52.1 Å². The van der Waals surface area contributed by atoms with Crippen LogP contribution in [0.2, 0.25) is 10.0 Å². The standard InChI is InChI=1S/C20H21Cl2NO3/c1-10(2)26-20(25)17-11(3)23-15-5-4-6-16(24)19(15)18(17)13-8-7-12(21)9-14(13)22/h7-10,18,23H,4-6H2,1-3H3/t18-/m0/s1. The average molecular weight is 394 g/mol. The van der Waals surface area contributed by atoms with E-state index in [1.807, 2.05) is 6.92 Å². The van der Waals surface area contributed by atoms with E-state index < -0.39 is 11.9 Å². The molecule has 0 saturated heterocycles. The highest BCUT2D eigenvalue weighted by Crippen LogP contribution is 2.45. The molecular weight excluding hydrogens is 373 g/mol. The highest BCUT2D eigenvalue weighted by Gasteiger charge is 2.40. The third-order valence-corrected chi connectivity index (χ3v) is 5.17. The minimum Gasteiger partial charge on any atom is -0.460 e.